The van der Waals surface area contributed by atoms with E-state index in [0.29, 0.717) is 16.8 Å². The number of nitrogens with zero attached hydrogens (tertiary/aromatic N) is 1. The summed E-state index contributed by atoms with van der Waals surface area (Å²) in [6, 6.07) is 4.03. The Kier molecular flexibility index (Phi) is 2.60. The molecule has 0 unspecified atom stereocenters. The fraction of sp³-hybridized carbons (Fsp3) is 0.421. The Bertz CT molecular complexity index is 860. The number of hydrogen-bond donors (Lipinski definition) is 0. The van der Waals surface area contributed by atoms with E-state index in [1.165, 1.54) is 12.1 Å². The summed E-state index contributed by atoms with van der Waals surface area (Å²) in [6.45, 7) is 7.56. The molecule has 1 aromatic heterocycles. The minimum atomic E-state index is -2.53. The van der Waals surface area contributed by atoms with E-state index in [-0.39, 0.29) is 23.6 Å². The predicted octanol–water partition coefficient (Wildman–Crippen LogP) is 4.80. The zero-order valence-corrected chi connectivity index (χ0v) is 14.3. The van der Waals surface area contributed by atoms with Gasteiger partial charge < -0.3 is 0 Å². The van der Waals surface area contributed by atoms with E-state index < -0.39 is 21.3 Å². The molecule has 0 atom stereocenters. The summed E-state index contributed by atoms with van der Waals surface area (Å²) in [7, 11) is -1.86. The highest BCUT2D eigenvalue weighted by Gasteiger charge is 2.21. The van der Waals surface area contributed by atoms with Crippen molar-refractivity contribution in [3.8, 4) is 11.3 Å². The average Bonchev–Trinajstić information content (AvgIpc) is 2.51. The Morgan fingerprint density at radius 2 is 1.95 bits per heavy atom. The van der Waals surface area contributed by atoms with Crippen LogP contribution in [-0.4, -0.2) is 13.1 Å². The van der Waals surface area contributed by atoms with E-state index in [1.807, 2.05) is 13.8 Å². The number of pyridine rings is 1. The van der Waals surface area contributed by atoms with Crippen molar-refractivity contribution in [3.63, 3.8) is 0 Å². The van der Waals surface area contributed by atoms with Gasteiger partial charge in [-0.05, 0) is 36.0 Å². The van der Waals surface area contributed by atoms with E-state index in [0.717, 1.165) is 5.19 Å². The van der Waals surface area contributed by atoms with Crippen LogP contribution >= 0.6 is 0 Å². The van der Waals surface area contributed by atoms with Crippen LogP contribution in [0.1, 0.15) is 34.6 Å². The number of benzene rings is 1. The van der Waals surface area contributed by atoms with Crippen molar-refractivity contribution in [1.82, 2.24) is 4.98 Å². The maximum atomic E-state index is 8.62. The van der Waals surface area contributed by atoms with Gasteiger partial charge in [-0.3, -0.25) is 4.98 Å². The highest BCUT2D eigenvalue weighted by molar-refractivity contribution is 6.89. The van der Waals surface area contributed by atoms with E-state index >= 15 is 0 Å². The van der Waals surface area contributed by atoms with E-state index in [1.54, 1.807) is 12.3 Å². The lowest BCUT2D eigenvalue weighted by Crippen LogP contribution is -2.40. The molecule has 0 saturated heterocycles. The summed E-state index contributed by atoms with van der Waals surface area (Å²) >= 11 is 0. The van der Waals surface area contributed by atoms with Crippen LogP contribution in [0, 0.1) is 12.8 Å². The van der Waals surface area contributed by atoms with Gasteiger partial charge in [0.05, 0.1) is 16.5 Å². The predicted molar refractivity (Wildman–Crippen MR) is 95.9 cm³/mol. The topological polar surface area (TPSA) is 12.9 Å². The second-order valence-corrected chi connectivity index (χ2v) is 11.6. The first-order chi connectivity index (χ1) is 12.6. The first-order valence-electron chi connectivity index (χ1n) is 10.7. The third-order valence-corrected chi connectivity index (χ3v) is 5.21. The van der Waals surface area contributed by atoms with Crippen molar-refractivity contribution < 1.29 is 9.60 Å². The lowest BCUT2D eigenvalue weighted by Gasteiger charge is -2.22. The van der Waals surface area contributed by atoms with Crippen LogP contribution in [0.5, 0.6) is 0 Å². The molecule has 1 nitrogen and oxygen atoms in total. The van der Waals surface area contributed by atoms with Gasteiger partial charge in [0.15, 0.2) is 0 Å². The maximum absolute atomic E-state index is 8.62. The highest BCUT2D eigenvalue weighted by atomic mass is 28.3. The summed E-state index contributed by atoms with van der Waals surface area (Å²) < 4.78 is 55.9. The molecule has 0 aliphatic rings. The van der Waals surface area contributed by atoms with Gasteiger partial charge in [-0.15, -0.1) is 0 Å². The van der Waals surface area contributed by atoms with Crippen molar-refractivity contribution in [1.29, 1.82) is 0 Å². The van der Waals surface area contributed by atoms with Crippen LogP contribution in [-0.2, 0) is 6.37 Å². The third kappa shape index (κ3) is 4.04. The number of hydrogen-bond acceptors (Lipinski definition) is 1. The van der Waals surface area contributed by atoms with Crippen LogP contribution in [0.25, 0.3) is 11.3 Å². The van der Waals surface area contributed by atoms with Gasteiger partial charge in [0.1, 0.15) is 0 Å². The maximum Gasteiger partial charge on any atom is 0.0799 e. The highest BCUT2D eigenvalue weighted by Crippen LogP contribution is 2.20. The van der Waals surface area contributed by atoms with Gasteiger partial charge in [-0.25, -0.2) is 0 Å². The summed E-state index contributed by atoms with van der Waals surface area (Å²) in [5.74, 6) is -0.241. The molecule has 0 bridgehead atoms. The molecular formula is C19H27NSi. The normalized spacial score (nSPS) is 18.1. The zero-order valence-electron chi connectivity index (χ0n) is 20.3. The summed E-state index contributed by atoms with van der Waals surface area (Å²) in [6.07, 6.45) is 0.154. The average molecular weight is 305 g/mol. The molecule has 0 spiro atoms. The fourth-order valence-electron chi connectivity index (χ4n) is 2.17. The SMILES string of the molecule is [2H]c1cc(-c2cc(C([2H])([2H])C(C)C)c([Si](C)(C)C)cn2)cc([2H])c1C([2H])([2H])[2H]. The van der Waals surface area contributed by atoms with Crippen LogP contribution < -0.4 is 5.19 Å². The van der Waals surface area contributed by atoms with Crippen LogP contribution in [0.3, 0.4) is 0 Å². The molecule has 21 heavy (non-hydrogen) atoms. The molecule has 112 valence electrons. The largest absolute Gasteiger partial charge is 0.256 e. The standard InChI is InChI=1S/C19H27NSi/c1-14(2)11-17-12-18(16-9-7-15(3)8-10-16)20-13-19(17)21(4,5)6/h7-10,12-14H,11H2,1-6H3/i3D3,7D,8D,11D2. The molecule has 0 saturated carbocycles. The summed E-state index contributed by atoms with van der Waals surface area (Å²) in [5.41, 5.74) is 1.20. The van der Waals surface area contributed by atoms with Gasteiger partial charge in [0.25, 0.3) is 0 Å². The van der Waals surface area contributed by atoms with Gasteiger partial charge in [0, 0.05) is 18.6 Å². The molecule has 0 radical (unpaired) electrons. The van der Waals surface area contributed by atoms with Crippen LogP contribution in [0.2, 0.25) is 19.6 Å². The van der Waals surface area contributed by atoms with E-state index in [4.69, 9.17) is 9.60 Å². The van der Waals surface area contributed by atoms with Gasteiger partial charge in [-0.2, -0.15) is 0 Å². The smallest absolute Gasteiger partial charge is 0.0799 e. The monoisotopic (exact) mass is 304 g/mol. The Balaban J connectivity index is 2.72. The minimum Gasteiger partial charge on any atom is -0.256 e. The first-order valence-corrected chi connectivity index (χ1v) is 10.7. The molecule has 2 rings (SSSR count). The Labute approximate surface area is 140 Å². The van der Waals surface area contributed by atoms with Crippen molar-refractivity contribution in [2.45, 2.75) is 46.7 Å². The molecule has 0 fully saturated rings. The van der Waals surface area contributed by atoms with E-state index in [2.05, 4.69) is 24.6 Å². The second kappa shape index (κ2) is 6.14. The molecule has 1 aromatic carbocycles. The van der Waals surface area contributed by atoms with Crippen LogP contribution in [0.4, 0.5) is 0 Å². The lowest BCUT2D eigenvalue weighted by atomic mass is 10.0. The molecule has 1 heterocycles. The molecule has 0 N–H and O–H groups in total. The van der Waals surface area contributed by atoms with Crippen molar-refractivity contribution in [2.24, 2.45) is 5.92 Å². The van der Waals surface area contributed by atoms with Crippen LogP contribution in [0.15, 0.2) is 36.5 Å². The molecule has 0 amide bonds. The minimum absolute atomic E-state index is 0.230. The Morgan fingerprint density at radius 3 is 2.48 bits per heavy atom. The Morgan fingerprint density at radius 1 is 1.29 bits per heavy atom. The first kappa shape index (κ1) is 8.89. The third-order valence-electron chi connectivity index (χ3n) is 3.20. The Hall–Kier alpha value is -1.41. The van der Waals surface area contributed by atoms with Gasteiger partial charge in [0.2, 0.25) is 0 Å². The summed E-state index contributed by atoms with van der Waals surface area (Å²) in [4.78, 5) is 4.48. The molecule has 0 aliphatic carbocycles. The van der Waals surface area contributed by atoms with E-state index in [9.17, 15) is 0 Å². The van der Waals surface area contributed by atoms with Gasteiger partial charge in [-0.1, -0.05) is 63.3 Å². The summed E-state index contributed by atoms with van der Waals surface area (Å²) in [5, 5.41) is 0.936. The second-order valence-electron chi connectivity index (χ2n) is 6.57. The van der Waals surface area contributed by atoms with Crippen molar-refractivity contribution in [3.05, 3.63) is 47.6 Å². The molecule has 2 heteroatoms. The quantitative estimate of drug-likeness (QED) is 0.739. The molecule has 2 aromatic rings. The molecule has 0 aliphatic heterocycles. The zero-order chi connectivity index (χ0) is 21.7. The number of aromatic nitrogens is 1. The molecular weight excluding hydrogens is 270 g/mol. The fourth-order valence-corrected chi connectivity index (χ4v) is 3.58. The van der Waals surface area contributed by atoms with Crippen molar-refractivity contribution >= 4 is 13.3 Å². The lowest BCUT2D eigenvalue weighted by molar-refractivity contribution is 0.649. The van der Waals surface area contributed by atoms with Crippen molar-refractivity contribution in [2.75, 3.05) is 0 Å². The number of rotatable bonds is 4. The van der Waals surface area contributed by atoms with Gasteiger partial charge >= 0.3 is 0 Å².